The van der Waals surface area contributed by atoms with Gasteiger partial charge in [0.1, 0.15) is 6.04 Å². The Balaban J connectivity index is 2.57. The smallest absolute Gasteiger partial charge is 0.320 e. The first-order chi connectivity index (χ1) is 8.97. The molecule has 0 aliphatic carbocycles. The van der Waals surface area contributed by atoms with E-state index in [1.54, 1.807) is 17.7 Å². The number of unbranched alkanes of at least 4 members (excludes halogenated alkanes) is 1. The molecule has 1 rings (SSSR count). The standard InChI is InChI=1S/C12H17N3O4/c1-8-11(14-19)10(16)5-7-15(8)6-3-2-4-9(13)12(17)18/h5,7,9H,2-4,6,13H2,1H3,(H,17,18). The maximum atomic E-state index is 11.3. The van der Waals surface area contributed by atoms with Crippen molar-refractivity contribution in [3.63, 3.8) is 0 Å². The molecule has 0 saturated heterocycles. The molecule has 0 saturated carbocycles. The fraction of sp³-hybridized carbons (Fsp3) is 0.500. The molecule has 0 aliphatic heterocycles. The summed E-state index contributed by atoms with van der Waals surface area (Å²) < 4.78 is 1.75. The van der Waals surface area contributed by atoms with Crippen molar-refractivity contribution in [3.8, 4) is 0 Å². The summed E-state index contributed by atoms with van der Waals surface area (Å²) >= 11 is 0. The molecule has 0 amide bonds. The van der Waals surface area contributed by atoms with Crippen LogP contribution < -0.4 is 11.2 Å². The number of carboxylic acids is 1. The molecule has 0 fully saturated rings. The minimum atomic E-state index is -1.01. The molecular weight excluding hydrogens is 250 g/mol. The molecule has 0 radical (unpaired) electrons. The normalized spacial score (nSPS) is 12.1. The van der Waals surface area contributed by atoms with Crippen molar-refractivity contribution in [1.29, 1.82) is 0 Å². The number of carbonyl (C=O) groups is 1. The lowest BCUT2D eigenvalue weighted by Crippen LogP contribution is -2.29. The molecule has 3 N–H and O–H groups in total. The summed E-state index contributed by atoms with van der Waals surface area (Å²) in [6.45, 7) is 2.24. The summed E-state index contributed by atoms with van der Waals surface area (Å²) in [7, 11) is 0. The Morgan fingerprint density at radius 3 is 2.79 bits per heavy atom. The molecule has 7 nitrogen and oxygen atoms in total. The van der Waals surface area contributed by atoms with E-state index in [9.17, 15) is 14.5 Å². The van der Waals surface area contributed by atoms with Crippen LogP contribution in [0, 0.1) is 11.8 Å². The van der Waals surface area contributed by atoms with Gasteiger partial charge < -0.3 is 15.4 Å². The number of hydrogen-bond donors (Lipinski definition) is 2. The van der Waals surface area contributed by atoms with Crippen molar-refractivity contribution in [2.24, 2.45) is 10.9 Å². The van der Waals surface area contributed by atoms with E-state index < -0.39 is 17.4 Å². The number of hydrogen-bond acceptors (Lipinski definition) is 5. The van der Waals surface area contributed by atoms with Gasteiger partial charge in [-0.3, -0.25) is 9.59 Å². The molecule has 104 valence electrons. The Bertz CT molecular complexity index is 524. The Morgan fingerprint density at radius 1 is 1.53 bits per heavy atom. The molecule has 0 bridgehead atoms. The van der Waals surface area contributed by atoms with Crippen LogP contribution in [-0.4, -0.2) is 21.7 Å². The molecular formula is C12H17N3O4. The van der Waals surface area contributed by atoms with E-state index >= 15 is 0 Å². The second-order valence-corrected chi connectivity index (χ2v) is 4.34. The zero-order chi connectivity index (χ0) is 14.4. The van der Waals surface area contributed by atoms with Crippen LogP contribution in [0.4, 0.5) is 5.69 Å². The largest absolute Gasteiger partial charge is 0.480 e. The van der Waals surface area contributed by atoms with Crippen molar-refractivity contribution in [3.05, 3.63) is 33.1 Å². The molecule has 1 unspecified atom stereocenters. The van der Waals surface area contributed by atoms with Gasteiger partial charge in [-0.15, -0.1) is 4.91 Å². The highest BCUT2D eigenvalue weighted by atomic mass is 16.4. The number of pyridine rings is 1. The third kappa shape index (κ3) is 3.99. The third-order valence-electron chi connectivity index (χ3n) is 2.99. The summed E-state index contributed by atoms with van der Waals surface area (Å²) in [4.78, 5) is 32.4. The SMILES string of the molecule is Cc1c(N=O)c(=O)ccn1CCCCC(N)C(=O)O. The number of rotatable bonds is 7. The first-order valence-electron chi connectivity index (χ1n) is 5.99. The fourth-order valence-corrected chi connectivity index (χ4v) is 1.79. The summed E-state index contributed by atoms with van der Waals surface area (Å²) in [6, 6.07) is 0.453. The molecule has 0 aromatic carbocycles. The first kappa shape index (κ1) is 15.0. The van der Waals surface area contributed by atoms with Gasteiger partial charge in [0.15, 0.2) is 5.69 Å². The fourth-order valence-electron chi connectivity index (χ4n) is 1.79. The average Bonchev–Trinajstić information content (AvgIpc) is 2.37. The van der Waals surface area contributed by atoms with Crippen LogP contribution in [0.2, 0.25) is 0 Å². The summed E-state index contributed by atoms with van der Waals surface area (Å²) in [5.74, 6) is -1.01. The molecule has 1 aromatic rings. The van der Waals surface area contributed by atoms with E-state index in [0.29, 0.717) is 31.5 Å². The number of carboxylic acid groups (broad SMARTS) is 1. The van der Waals surface area contributed by atoms with Crippen molar-refractivity contribution < 1.29 is 9.90 Å². The summed E-state index contributed by atoms with van der Waals surface area (Å²) in [5.41, 5.74) is 5.43. The molecule has 19 heavy (non-hydrogen) atoms. The Morgan fingerprint density at radius 2 is 2.21 bits per heavy atom. The van der Waals surface area contributed by atoms with Gasteiger partial charge in [0.2, 0.25) is 5.43 Å². The monoisotopic (exact) mass is 267 g/mol. The van der Waals surface area contributed by atoms with E-state index in [2.05, 4.69) is 5.18 Å². The predicted octanol–water partition coefficient (Wildman–Crippen LogP) is 1.14. The number of aromatic nitrogens is 1. The van der Waals surface area contributed by atoms with Gasteiger partial charge in [-0.25, -0.2) is 0 Å². The molecule has 1 aromatic heterocycles. The van der Waals surface area contributed by atoms with Crippen LogP contribution in [0.5, 0.6) is 0 Å². The molecule has 7 heteroatoms. The van der Waals surface area contributed by atoms with Crippen LogP contribution in [0.15, 0.2) is 22.2 Å². The van der Waals surface area contributed by atoms with E-state index in [0.717, 1.165) is 0 Å². The van der Waals surface area contributed by atoms with Crippen molar-refractivity contribution >= 4 is 11.7 Å². The second kappa shape index (κ2) is 6.79. The first-order valence-corrected chi connectivity index (χ1v) is 5.99. The van der Waals surface area contributed by atoms with Crippen molar-refractivity contribution in [1.82, 2.24) is 4.57 Å². The Labute approximate surface area is 110 Å². The molecule has 0 spiro atoms. The lowest BCUT2D eigenvalue weighted by atomic mass is 10.1. The molecule has 0 aliphatic rings. The van der Waals surface area contributed by atoms with Gasteiger partial charge in [-0.1, -0.05) is 0 Å². The van der Waals surface area contributed by atoms with Gasteiger partial charge in [0.25, 0.3) is 0 Å². The van der Waals surface area contributed by atoms with Gasteiger partial charge in [-0.2, -0.15) is 0 Å². The lowest BCUT2D eigenvalue weighted by Gasteiger charge is -2.11. The van der Waals surface area contributed by atoms with Gasteiger partial charge in [-0.05, 0) is 31.4 Å². The van der Waals surface area contributed by atoms with Gasteiger partial charge >= 0.3 is 5.97 Å². The van der Waals surface area contributed by atoms with Crippen LogP contribution in [0.25, 0.3) is 0 Å². The third-order valence-corrected chi connectivity index (χ3v) is 2.99. The number of aryl methyl sites for hydroxylation is 1. The molecule has 1 heterocycles. The summed E-state index contributed by atoms with van der Waals surface area (Å²) in [5, 5.41) is 11.4. The zero-order valence-corrected chi connectivity index (χ0v) is 10.7. The minimum Gasteiger partial charge on any atom is -0.480 e. The Hall–Kier alpha value is -2.02. The van der Waals surface area contributed by atoms with Crippen LogP contribution in [0.1, 0.15) is 25.0 Å². The number of aliphatic carboxylic acids is 1. The lowest BCUT2D eigenvalue weighted by molar-refractivity contribution is -0.138. The quantitative estimate of drug-likeness (QED) is 0.567. The van der Waals surface area contributed by atoms with Crippen molar-refractivity contribution in [2.45, 2.75) is 38.8 Å². The van der Waals surface area contributed by atoms with Crippen LogP contribution in [-0.2, 0) is 11.3 Å². The predicted molar refractivity (Wildman–Crippen MR) is 70.4 cm³/mol. The minimum absolute atomic E-state index is 0.0789. The van der Waals surface area contributed by atoms with Crippen LogP contribution in [0.3, 0.4) is 0 Å². The molecule has 1 atom stereocenters. The van der Waals surface area contributed by atoms with E-state index in [4.69, 9.17) is 10.8 Å². The highest BCUT2D eigenvalue weighted by Crippen LogP contribution is 2.13. The number of nitroso groups, excluding NO2 is 1. The van der Waals surface area contributed by atoms with E-state index in [1.165, 1.54) is 6.07 Å². The highest BCUT2D eigenvalue weighted by Gasteiger charge is 2.11. The highest BCUT2D eigenvalue weighted by molar-refractivity contribution is 5.72. The average molecular weight is 267 g/mol. The van der Waals surface area contributed by atoms with Gasteiger partial charge in [0, 0.05) is 24.5 Å². The maximum absolute atomic E-state index is 11.3. The van der Waals surface area contributed by atoms with Crippen molar-refractivity contribution in [2.75, 3.05) is 0 Å². The topological polar surface area (TPSA) is 115 Å². The summed E-state index contributed by atoms with van der Waals surface area (Å²) in [6.07, 6.45) is 3.36. The van der Waals surface area contributed by atoms with Gasteiger partial charge in [0.05, 0.1) is 0 Å². The van der Waals surface area contributed by atoms with E-state index in [1.807, 2.05) is 0 Å². The van der Waals surface area contributed by atoms with Crippen LogP contribution >= 0.6 is 0 Å². The Kier molecular flexibility index (Phi) is 5.37. The van der Waals surface area contributed by atoms with E-state index in [-0.39, 0.29) is 5.69 Å². The zero-order valence-electron chi connectivity index (χ0n) is 10.7. The number of nitrogens with zero attached hydrogens (tertiary/aromatic N) is 2. The number of nitrogens with two attached hydrogens (primary N) is 1. The maximum Gasteiger partial charge on any atom is 0.320 e. The second-order valence-electron chi connectivity index (χ2n) is 4.34.